The maximum absolute atomic E-state index is 9.14. The molecule has 0 saturated heterocycles. The van der Waals surface area contributed by atoms with E-state index in [0.29, 0.717) is 12.4 Å². The highest BCUT2D eigenvalue weighted by Gasteiger charge is 2.07. The first-order chi connectivity index (χ1) is 8.79. The van der Waals surface area contributed by atoms with Crippen molar-refractivity contribution in [1.29, 1.82) is 0 Å². The van der Waals surface area contributed by atoms with Crippen molar-refractivity contribution in [2.45, 2.75) is 6.54 Å². The minimum atomic E-state index is 0.108. The van der Waals surface area contributed by atoms with E-state index in [1.54, 1.807) is 12.3 Å². The van der Waals surface area contributed by atoms with Gasteiger partial charge in [0.2, 0.25) is 0 Å². The maximum Gasteiger partial charge on any atom is 0.123 e. The first-order valence-electron chi connectivity index (χ1n) is 5.91. The van der Waals surface area contributed by atoms with Crippen LogP contribution in [-0.2, 0) is 6.54 Å². The molecule has 18 heavy (non-hydrogen) atoms. The van der Waals surface area contributed by atoms with Crippen molar-refractivity contribution in [3.05, 3.63) is 54.2 Å². The normalized spacial score (nSPS) is 10.3. The van der Waals surface area contributed by atoms with E-state index in [-0.39, 0.29) is 6.61 Å². The van der Waals surface area contributed by atoms with Crippen molar-refractivity contribution < 1.29 is 5.11 Å². The Morgan fingerprint density at radius 2 is 1.89 bits per heavy atom. The van der Waals surface area contributed by atoms with E-state index < -0.39 is 0 Å². The average Bonchev–Trinajstić information content (AvgIpc) is 2.40. The van der Waals surface area contributed by atoms with Crippen molar-refractivity contribution in [1.82, 2.24) is 4.98 Å². The van der Waals surface area contributed by atoms with Crippen LogP contribution in [0.3, 0.4) is 0 Å². The van der Waals surface area contributed by atoms with Gasteiger partial charge >= 0.3 is 0 Å². The van der Waals surface area contributed by atoms with Crippen LogP contribution in [0.4, 0.5) is 11.5 Å². The summed E-state index contributed by atoms with van der Waals surface area (Å²) in [5, 5.41) is 9.14. The number of pyridine rings is 1. The number of hydrogen-bond donors (Lipinski definition) is 2. The van der Waals surface area contributed by atoms with Gasteiger partial charge in [0.05, 0.1) is 18.5 Å². The van der Waals surface area contributed by atoms with Gasteiger partial charge in [-0.2, -0.15) is 0 Å². The molecular weight excluding hydrogens is 226 g/mol. The molecule has 0 unspecified atom stereocenters. The van der Waals surface area contributed by atoms with Crippen LogP contribution in [0.2, 0.25) is 0 Å². The predicted octanol–water partition coefficient (Wildman–Crippen LogP) is 1.66. The van der Waals surface area contributed by atoms with Gasteiger partial charge in [0.25, 0.3) is 0 Å². The zero-order chi connectivity index (χ0) is 12.8. The van der Waals surface area contributed by atoms with Gasteiger partial charge in [0, 0.05) is 13.1 Å². The second-order valence-corrected chi connectivity index (χ2v) is 4.07. The Kier molecular flexibility index (Phi) is 4.15. The van der Waals surface area contributed by atoms with Gasteiger partial charge in [-0.1, -0.05) is 30.3 Å². The Balaban J connectivity index is 2.15. The van der Waals surface area contributed by atoms with Gasteiger partial charge in [0.15, 0.2) is 0 Å². The van der Waals surface area contributed by atoms with Gasteiger partial charge in [-0.15, -0.1) is 0 Å². The van der Waals surface area contributed by atoms with Crippen LogP contribution in [0.25, 0.3) is 0 Å². The Morgan fingerprint density at radius 3 is 2.50 bits per heavy atom. The zero-order valence-electron chi connectivity index (χ0n) is 10.2. The molecule has 0 bridgehead atoms. The van der Waals surface area contributed by atoms with Crippen LogP contribution in [-0.4, -0.2) is 23.2 Å². The molecule has 4 nitrogen and oxygen atoms in total. The molecule has 1 heterocycles. The lowest BCUT2D eigenvalue weighted by Crippen LogP contribution is -2.26. The quantitative estimate of drug-likeness (QED) is 0.838. The number of benzene rings is 1. The second kappa shape index (κ2) is 6.02. The van der Waals surface area contributed by atoms with Gasteiger partial charge in [-0.3, -0.25) is 0 Å². The highest BCUT2D eigenvalue weighted by Crippen LogP contribution is 2.16. The Labute approximate surface area is 107 Å². The van der Waals surface area contributed by atoms with Crippen LogP contribution in [0.5, 0.6) is 0 Å². The van der Waals surface area contributed by atoms with Crippen LogP contribution in [0, 0.1) is 0 Å². The molecule has 0 spiro atoms. The number of aliphatic hydroxyl groups is 1. The summed E-state index contributed by atoms with van der Waals surface area (Å²) in [6, 6.07) is 13.8. The minimum Gasteiger partial charge on any atom is -0.395 e. The summed E-state index contributed by atoms with van der Waals surface area (Å²) in [6.45, 7) is 1.42. The van der Waals surface area contributed by atoms with Crippen molar-refractivity contribution in [2.24, 2.45) is 0 Å². The van der Waals surface area contributed by atoms with E-state index in [1.165, 1.54) is 5.56 Å². The summed E-state index contributed by atoms with van der Waals surface area (Å²) in [5.41, 5.74) is 7.73. The molecule has 0 aliphatic carbocycles. The summed E-state index contributed by atoms with van der Waals surface area (Å²) in [5.74, 6) is 0.502. The van der Waals surface area contributed by atoms with E-state index in [4.69, 9.17) is 10.8 Å². The van der Waals surface area contributed by atoms with Crippen molar-refractivity contribution >= 4 is 11.5 Å². The lowest BCUT2D eigenvalue weighted by Gasteiger charge is -2.23. The van der Waals surface area contributed by atoms with Crippen LogP contribution >= 0.6 is 0 Å². The van der Waals surface area contributed by atoms with Gasteiger partial charge in [-0.05, 0) is 17.7 Å². The average molecular weight is 243 g/mol. The third-order valence-corrected chi connectivity index (χ3v) is 2.72. The third kappa shape index (κ3) is 3.21. The van der Waals surface area contributed by atoms with Crippen molar-refractivity contribution in [2.75, 3.05) is 23.8 Å². The summed E-state index contributed by atoms with van der Waals surface area (Å²) in [4.78, 5) is 6.15. The third-order valence-electron chi connectivity index (χ3n) is 2.72. The Morgan fingerprint density at radius 1 is 1.11 bits per heavy atom. The van der Waals surface area contributed by atoms with Crippen LogP contribution in [0.15, 0.2) is 48.7 Å². The van der Waals surface area contributed by atoms with E-state index in [0.717, 1.165) is 12.2 Å². The van der Waals surface area contributed by atoms with E-state index in [9.17, 15) is 0 Å². The monoisotopic (exact) mass is 243 g/mol. The fourth-order valence-corrected chi connectivity index (χ4v) is 1.81. The number of nitrogens with two attached hydrogens (primary N) is 1. The van der Waals surface area contributed by atoms with E-state index in [2.05, 4.69) is 22.0 Å². The summed E-state index contributed by atoms with van der Waals surface area (Å²) < 4.78 is 0. The van der Waals surface area contributed by atoms with Crippen LogP contribution in [0.1, 0.15) is 5.56 Å². The van der Waals surface area contributed by atoms with Crippen molar-refractivity contribution in [3.63, 3.8) is 0 Å². The number of anilines is 2. The first-order valence-corrected chi connectivity index (χ1v) is 5.91. The molecule has 0 aliphatic rings. The van der Waals surface area contributed by atoms with Gasteiger partial charge in [0.1, 0.15) is 5.82 Å². The van der Waals surface area contributed by atoms with Gasteiger partial charge < -0.3 is 15.7 Å². The minimum absolute atomic E-state index is 0.108. The summed E-state index contributed by atoms with van der Waals surface area (Å²) in [6.07, 6.45) is 1.73. The molecule has 0 aliphatic heterocycles. The molecule has 0 radical (unpaired) electrons. The molecule has 2 rings (SSSR count). The lowest BCUT2D eigenvalue weighted by atomic mass is 10.2. The molecule has 4 heteroatoms. The molecule has 0 atom stereocenters. The van der Waals surface area contributed by atoms with Gasteiger partial charge in [-0.25, -0.2) is 4.98 Å². The molecule has 1 aromatic carbocycles. The topological polar surface area (TPSA) is 62.4 Å². The molecule has 0 saturated carbocycles. The smallest absolute Gasteiger partial charge is 0.123 e. The molecule has 0 amide bonds. The summed E-state index contributed by atoms with van der Waals surface area (Å²) in [7, 11) is 0. The highest BCUT2D eigenvalue weighted by atomic mass is 16.3. The SMILES string of the molecule is Nc1ccc(N(CCO)Cc2ccccc2)cn1. The first kappa shape index (κ1) is 12.4. The Hall–Kier alpha value is -2.07. The standard InChI is InChI=1S/C14H17N3O/c15-14-7-6-13(10-16-14)17(8-9-18)11-12-4-2-1-3-5-12/h1-7,10,18H,8-9,11H2,(H2,15,16). The number of rotatable bonds is 5. The molecule has 3 N–H and O–H groups in total. The largest absolute Gasteiger partial charge is 0.395 e. The zero-order valence-corrected chi connectivity index (χ0v) is 10.2. The van der Waals surface area contributed by atoms with E-state index >= 15 is 0 Å². The lowest BCUT2D eigenvalue weighted by molar-refractivity contribution is 0.301. The maximum atomic E-state index is 9.14. The molecule has 2 aromatic rings. The predicted molar refractivity (Wildman–Crippen MR) is 73.2 cm³/mol. The number of nitrogens with zero attached hydrogens (tertiary/aromatic N) is 2. The number of hydrogen-bond acceptors (Lipinski definition) is 4. The number of nitrogen functional groups attached to an aromatic ring is 1. The van der Waals surface area contributed by atoms with E-state index in [1.807, 2.05) is 24.3 Å². The Bertz CT molecular complexity index is 470. The fourth-order valence-electron chi connectivity index (χ4n) is 1.81. The van der Waals surface area contributed by atoms with Crippen LogP contribution < -0.4 is 10.6 Å². The second-order valence-electron chi connectivity index (χ2n) is 4.07. The van der Waals surface area contributed by atoms with Crippen molar-refractivity contribution in [3.8, 4) is 0 Å². The molecule has 0 fully saturated rings. The summed E-state index contributed by atoms with van der Waals surface area (Å²) >= 11 is 0. The molecular formula is C14H17N3O. The number of aliphatic hydroxyl groups excluding tert-OH is 1. The molecule has 94 valence electrons. The molecule has 1 aromatic heterocycles. The number of aromatic nitrogens is 1. The highest BCUT2D eigenvalue weighted by molar-refractivity contribution is 5.48. The fraction of sp³-hybridized carbons (Fsp3) is 0.214.